The fourth-order valence-electron chi connectivity index (χ4n) is 4.13. The third kappa shape index (κ3) is 4.57. The molecule has 2 saturated heterocycles. The SMILES string of the molecule is Cc1ccc(NC(C)(C)C(=O)N2CCC(N3CCC(O)CC3)CC2)cc1. The van der Waals surface area contributed by atoms with Crippen molar-refractivity contribution in [3.63, 3.8) is 0 Å². The van der Waals surface area contributed by atoms with Crippen molar-refractivity contribution in [2.24, 2.45) is 0 Å². The first-order chi connectivity index (χ1) is 12.3. The lowest BCUT2D eigenvalue weighted by atomic mass is 9.96. The molecule has 1 aromatic carbocycles. The molecule has 0 bridgehead atoms. The number of nitrogens with one attached hydrogen (secondary N) is 1. The molecule has 2 heterocycles. The topological polar surface area (TPSA) is 55.8 Å². The fourth-order valence-corrected chi connectivity index (χ4v) is 4.13. The quantitative estimate of drug-likeness (QED) is 0.868. The van der Waals surface area contributed by atoms with Crippen molar-refractivity contribution in [3.8, 4) is 0 Å². The number of carbonyl (C=O) groups is 1. The van der Waals surface area contributed by atoms with E-state index in [1.165, 1.54) is 5.56 Å². The Morgan fingerprint density at radius 2 is 1.62 bits per heavy atom. The van der Waals surface area contributed by atoms with Crippen LogP contribution in [0.15, 0.2) is 24.3 Å². The number of benzene rings is 1. The van der Waals surface area contributed by atoms with E-state index in [9.17, 15) is 9.90 Å². The summed E-state index contributed by atoms with van der Waals surface area (Å²) in [6, 6.07) is 8.73. The van der Waals surface area contributed by atoms with Gasteiger partial charge in [-0.1, -0.05) is 17.7 Å². The molecule has 2 N–H and O–H groups in total. The molecule has 0 aliphatic carbocycles. The van der Waals surface area contributed by atoms with E-state index in [4.69, 9.17) is 0 Å². The summed E-state index contributed by atoms with van der Waals surface area (Å²) >= 11 is 0. The fraction of sp³-hybridized carbons (Fsp3) is 0.667. The number of rotatable bonds is 4. The molecule has 144 valence electrons. The Balaban J connectivity index is 1.53. The molecule has 2 aliphatic rings. The minimum atomic E-state index is -0.614. The van der Waals surface area contributed by atoms with Gasteiger partial charge in [0.1, 0.15) is 5.54 Å². The normalized spacial score (nSPS) is 21.0. The maximum atomic E-state index is 13.0. The number of nitrogens with zero attached hydrogens (tertiary/aromatic N) is 2. The molecule has 1 aromatic rings. The Kier molecular flexibility index (Phi) is 5.88. The predicted octanol–water partition coefficient (Wildman–Crippen LogP) is 2.63. The number of anilines is 1. The number of piperidine rings is 2. The van der Waals surface area contributed by atoms with Crippen LogP contribution in [0.5, 0.6) is 0 Å². The minimum Gasteiger partial charge on any atom is -0.393 e. The van der Waals surface area contributed by atoms with Gasteiger partial charge in [0.15, 0.2) is 0 Å². The molecule has 0 saturated carbocycles. The zero-order valence-corrected chi connectivity index (χ0v) is 16.4. The average molecular weight is 360 g/mol. The summed E-state index contributed by atoms with van der Waals surface area (Å²) in [5, 5.41) is 13.1. The van der Waals surface area contributed by atoms with Crippen LogP contribution in [0.4, 0.5) is 5.69 Å². The van der Waals surface area contributed by atoms with Crippen molar-refractivity contribution in [1.82, 2.24) is 9.80 Å². The Labute approximate surface area is 157 Å². The van der Waals surface area contributed by atoms with E-state index in [1.807, 2.05) is 30.9 Å². The van der Waals surface area contributed by atoms with Crippen LogP contribution in [0.2, 0.25) is 0 Å². The molecule has 2 aliphatic heterocycles. The van der Waals surface area contributed by atoms with E-state index < -0.39 is 5.54 Å². The summed E-state index contributed by atoms with van der Waals surface area (Å²) in [6.07, 6.45) is 3.70. The van der Waals surface area contributed by atoms with Crippen molar-refractivity contribution in [1.29, 1.82) is 0 Å². The third-order valence-corrected chi connectivity index (χ3v) is 5.81. The first-order valence-corrected chi connectivity index (χ1v) is 9.91. The third-order valence-electron chi connectivity index (χ3n) is 5.81. The van der Waals surface area contributed by atoms with Crippen LogP contribution in [0.1, 0.15) is 45.1 Å². The van der Waals surface area contributed by atoms with Crippen molar-refractivity contribution >= 4 is 11.6 Å². The highest BCUT2D eigenvalue weighted by molar-refractivity contribution is 5.88. The summed E-state index contributed by atoms with van der Waals surface area (Å²) in [6.45, 7) is 9.61. The number of aryl methyl sites for hydroxylation is 1. The molecular weight excluding hydrogens is 326 g/mol. The number of hydrogen-bond acceptors (Lipinski definition) is 4. The van der Waals surface area contributed by atoms with E-state index in [0.717, 1.165) is 57.5 Å². The van der Waals surface area contributed by atoms with Crippen molar-refractivity contribution in [2.45, 2.75) is 64.1 Å². The number of likely N-dealkylation sites (tertiary alicyclic amines) is 2. The Bertz CT molecular complexity index is 598. The summed E-state index contributed by atoms with van der Waals surface area (Å²) < 4.78 is 0. The highest BCUT2D eigenvalue weighted by Gasteiger charge is 2.35. The number of aliphatic hydroxyl groups excluding tert-OH is 1. The highest BCUT2D eigenvalue weighted by atomic mass is 16.3. The van der Waals surface area contributed by atoms with Crippen molar-refractivity contribution in [3.05, 3.63) is 29.8 Å². The molecule has 0 unspecified atom stereocenters. The van der Waals surface area contributed by atoms with Gasteiger partial charge in [0.25, 0.3) is 0 Å². The molecule has 2 fully saturated rings. The lowest BCUT2D eigenvalue weighted by Crippen LogP contribution is -2.55. The van der Waals surface area contributed by atoms with Crippen molar-refractivity contribution < 1.29 is 9.90 Å². The van der Waals surface area contributed by atoms with E-state index >= 15 is 0 Å². The van der Waals surface area contributed by atoms with Crippen LogP contribution < -0.4 is 5.32 Å². The van der Waals surface area contributed by atoms with Crippen LogP contribution >= 0.6 is 0 Å². The smallest absolute Gasteiger partial charge is 0.247 e. The predicted molar refractivity (Wildman–Crippen MR) is 105 cm³/mol. The molecule has 1 amide bonds. The summed E-state index contributed by atoms with van der Waals surface area (Å²) in [5.74, 6) is 0.172. The Morgan fingerprint density at radius 1 is 1.04 bits per heavy atom. The van der Waals surface area contributed by atoms with Crippen molar-refractivity contribution in [2.75, 3.05) is 31.5 Å². The summed E-state index contributed by atoms with van der Waals surface area (Å²) in [5.41, 5.74) is 1.58. The molecule has 26 heavy (non-hydrogen) atoms. The summed E-state index contributed by atoms with van der Waals surface area (Å²) in [4.78, 5) is 17.5. The molecule has 0 atom stereocenters. The Morgan fingerprint density at radius 3 is 2.19 bits per heavy atom. The monoisotopic (exact) mass is 359 g/mol. The molecule has 3 rings (SSSR count). The molecule has 0 radical (unpaired) electrons. The number of amides is 1. The van der Waals surface area contributed by atoms with Gasteiger partial charge in [-0.2, -0.15) is 0 Å². The zero-order valence-electron chi connectivity index (χ0n) is 16.4. The van der Waals surface area contributed by atoms with Gasteiger partial charge in [0.05, 0.1) is 6.10 Å². The second kappa shape index (κ2) is 7.97. The molecule has 5 nitrogen and oxygen atoms in total. The standard InChI is InChI=1S/C21H33N3O2/c1-16-4-6-17(7-5-16)22-21(2,3)20(26)24-12-8-18(9-13-24)23-14-10-19(25)11-15-23/h4-7,18-19,22,25H,8-15H2,1-3H3. The van der Waals surface area contributed by atoms with Gasteiger partial charge in [0, 0.05) is 37.9 Å². The Hall–Kier alpha value is -1.59. The zero-order chi connectivity index (χ0) is 18.7. The highest BCUT2D eigenvalue weighted by Crippen LogP contribution is 2.24. The van der Waals surface area contributed by atoms with E-state index in [2.05, 4.69) is 29.3 Å². The van der Waals surface area contributed by atoms with Gasteiger partial charge in [0.2, 0.25) is 5.91 Å². The first-order valence-electron chi connectivity index (χ1n) is 9.91. The largest absolute Gasteiger partial charge is 0.393 e. The second-order valence-corrected chi connectivity index (χ2v) is 8.41. The van der Waals surface area contributed by atoms with Crippen LogP contribution in [0.3, 0.4) is 0 Å². The van der Waals surface area contributed by atoms with E-state index in [-0.39, 0.29) is 12.0 Å². The van der Waals surface area contributed by atoms with Gasteiger partial charge >= 0.3 is 0 Å². The number of carbonyl (C=O) groups excluding carboxylic acids is 1. The molecule has 0 aromatic heterocycles. The molecule has 0 spiro atoms. The maximum absolute atomic E-state index is 13.0. The minimum absolute atomic E-state index is 0.124. The average Bonchev–Trinajstić information content (AvgIpc) is 2.64. The lowest BCUT2D eigenvalue weighted by Gasteiger charge is -2.42. The van der Waals surface area contributed by atoms with Gasteiger partial charge in [-0.05, 0) is 58.6 Å². The first kappa shape index (κ1) is 19.2. The van der Waals surface area contributed by atoms with Gasteiger partial charge in [-0.25, -0.2) is 0 Å². The lowest BCUT2D eigenvalue weighted by molar-refractivity contribution is -0.136. The van der Waals surface area contributed by atoms with Crippen LogP contribution in [0.25, 0.3) is 0 Å². The van der Waals surface area contributed by atoms with Crippen LogP contribution in [0, 0.1) is 6.92 Å². The van der Waals surface area contributed by atoms with E-state index in [1.54, 1.807) is 0 Å². The van der Waals surface area contributed by atoms with Gasteiger partial charge in [-0.15, -0.1) is 0 Å². The maximum Gasteiger partial charge on any atom is 0.247 e. The van der Waals surface area contributed by atoms with Gasteiger partial charge in [-0.3, -0.25) is 4.79 Å². The summed E-state index contributed by atoms with van der Waals surface area (Å²) in [7, 11) is 0. The van der Waals surface area contributed by atoms with E-state index in [0.29, 0.717) is 6.04 Å². The van der Waals surface area contributed by atoms with Gasteiger partial charge < -0.3 is 20.2 Å². The second-order valence-electron chi connectivity index (χ2n) is 8.41. The van der Waals surface area contributed by atoms with Crippen LogP contribution in [-0.2, 0) is 4.79 Å². The molecule has 5 heteroatoms. The molecular formula is C21H33N3O2. The van der Waals surface area contributed by atoms with Crippen LogP contribution in [-0.4, -0.2) is 64.7 Å². The number of aliphatic hydroxyl groups is 1. The number of hydrogen-bond donors (Lipinski definition) is 2.